The van der Waals surface area contributed by atoms with E-state index in [9.17, 15) is 14.0 Å². The summed E-state index contributed by atoms with van der Waals surface area (Å²) >= 11 is 0. The van der Waals surface area contributed by atoms with Crippen LogP contribution >= 0.6 is 0 Å². The van der Waals surface area contributed by atoms with Crippen LogP contribution in [-0.4, -0.2) is 17.9 Å². The SMILES string of the molecule is CCC(Oc1ccccc1C(C)C)C(=O)Nc1ccc(F)c(NC(=O)c2ccoc2C)c1. The second-order valence-corrected chi connectivity index (χ2v) is 7.74. The third-order valence-electron chi connectivity index (χ3n) is 5.06. The zero-order chi connectivity index (χ0) is 23.3. The second-order valence-electron chi connectivity index (χ2n) is 7.74. The molecule has 3 rings (SSSR count). The van der Waals surface area contributed by atoms with Gasteiger partial charge < -0.3 is 19.8 Å². The number of carbonyl (C=O) groups is 2. The third-order valence-corrected chi connectivity index (χ3v) is 5.06. The second kappa shape index (κ2) is 10.1. The minimum atomic E-state index is -0.730. The van der Waals surface area contributed by atoms with Gasteiger partial charge in [-0.1, -0.05) is 39.0 Å². The molecule has 1 unspecified atom stereocenters. The van der Waals surface area contributed by atoms with Crippen LogP contribution in [-0.2, 0) is 4.79 Å². The van der Waals surface area contributed by atoms with Crippen molar-refractivity contribution in [3.63, 3.8) is 0 Å². The standard InChI is InChI=1S/C25H27FN2O4/c1-5-22(32-23-9-7-6-8-18(23)15(2)3)25(30)27-17-10-11-20(26)21(14-17)28-24(29)19-12-13-31-16(19)4/h6-15,22H,5H2,1-4H3,(H,27,30)(H,28,29). The number of amides is 2. The average molecular weight is 438 g/mol. The highest BCUT2D eigenvalue weighted by molar-refractivity contribution is 6.05. The predicted molar refractivity (Wildman–Crippen MR) is 122 cm³/mol. The number of halogens is 1. The van der Waals surface area contributed by atoms with Crippen molar-refractivity contribution >= 4 is 23.2 Å². The average Bonchev–Trinajstić information content (AvgIpc) is 3.20. The van der Waals surface area contributed by atoms with Gasteiger partial charge in [-0.25, -0.2) is 4.39 Å². The molecule has 7 heteroatoms. The quantitative estimate of drug-likeness (QED) is 0.459. The molecule has 0 saturated carbocycles. The normalized spacial score (nSPS) is 11.8. The van der Waals surface area contributed by atoms with Crippen LogP contribution in [0.3, 0.4) is 0 Å². The minimum Gasteiger partial charge on any atom is -0.480 e. The van der Waals surface area contributed by atoms with Crippen molar-refractivity contribution in [2.45, 2.75) is 46.1 Å². The van der Waals surface area contributed by atoms with Crippen LogP contribution in [0.1, 0.15) is 54.8 Å². The number of ether oxygens (including phenoxy) is 1. The molecule has 0 fully saturated rings. The fraction of sp³-hybridized carbons (Fsp3) is 0.280. The summed E-state index contributed by atoms with van der Waals surface area (Å²) in [6.07, 6.45) is 1.11. The highest BCUT2D eigenvalue weighted by Crippen LogP contribution is 2.28. The maximum Gasteiger partial charge on any atom is 0.265 e. The van der Waals surface area contributed by atoms with Crippen molar-refractivity contribution in [1.82, 2.24) is 0 Å². The van der Waals surface area contributed by atoms with E-state index in [-0.39, 0.29) is 17.5 Å². The molecule has 168 valence electrons. The topological polar surface area (TPSA) is 80.6 Å². The molecule has 1 atom stereocenters. The van der Waals surface area contributed by atoms with E-state index in [0.717, 1.165) is 5.56 Å². The zero-order valence-electron chi connectivity index (χ0n) is 18.6. The fourth-order valence-corrected chi connectivity index (χ4v) is 3.27. The summed E-state index contributed by atoms with van der Waals surface area (Å²) in [6, 6.07) is 13.1. The number of aryl methyl sites for hydroxylation is 1. The van der Waals surface area contributed by atoms with Crippen molar-refractivity contribution < 1.29 is 23.1 Å². The van der Waals surface area contributed by atoms with Gasteiger partial charge >= 0.3 is 0 Å². The molecule has 0 radical (unpaired) electrons. The monoisotopic (exact) mass is 438 g/mol. The molecular formula is C25H27FN2O4. The minimum absolute atomic E-state index is 0.0486. The predicted octanol–water partition coefficient (Wildman–Crippen LogP) is 5.90. The highest BCUT2D eigenvalue weighted by Gasteiger charge is 2.21. The van der Waals surface area contributed by atoms with Gasteiger partial charge in [0.05, 0.1) is 17.5 Å². The van der Waals surface area contributed by atoms with E-state index in [1.54, 1.807) is 6.92 Å². The van der Waals surface area contributed by atoms with Crippen LogP contribution in [0.15, 0.2) is 59.2 Å². The highest BCUT2D eigenvalue weighted by atomic mass is 19.1. The van der Waals surface area contributed by atoms with Crippen molar-refractivity contribution in [3.05, 3.63) is 77.5 Å². The molecular weight excluding hydrogens is 411 g/mol. The molecule has 0 aliphatic rings. The molecule has 2 aromatic carbocycles. The lowest BCUT2D eigenvalue weighted by molar-refractivity contribution is -0.122. The number of furan rings is 1. The fourth-order valence-electron chi connectivity index (χ4n) is 3.27. The molecule has 0 bridgehead atoms. The Kier molecular flexibility index (Phi) is 7.30. The summed E-state index contributed by atoms with van der Waals surface area (Å²) in [5.74, 6) is -0.149. The Morgan fingerprint density at radius 1 is 1.09 bits per heavy atom. The Hall–Kier alpha value is -3.61. The van der Waals surface area contributed by atoms with Crippen LogP contribution < -0.4 is 15.4 Å². The summed E-state index contributed by atoms with van der Waals surface area (Å²) in [4.78, 5) is 25.2. The van der Waals surface area contributed by atoms with Crippen molar-refractivity contribution in [3.8, 4) is 5.75 Å². The summed E-state index contributed by atoms with van der Waals surface area (Å²) < 4.78 is 25.4. The van der Waals surface area contributed by atoms with Gasteiger partial charge in [0.2, 0.25) is 0 Å². The van der Waals surface area contributed by atoms with Crippen molar-refractivity contribution in [2.75, 3.05) is 10.6 Å². The number of carbonyl (C=O) groups excluding carboxylic acids is 2. The Balaban J connectivity index is 1.73. The van der Waals surface area contributed by atoms with Crippen molar-refractivity contribution in [2.24, 2.45) is 0 Å². The van der Waals surface area contributed by atoms with Gasteiger partial charge in [0.25, 0.3) is 11.8 Å². The first-order valence-corrected chi connectivity index (χ1v) is 10.5. The van der Waals surface area contributed by atoms with Gasteiger partial charge in [-0.15, -0.1) is 0 Å². The molecule has 0 aliphatic heterocycles. The third kappa shape index (κ3) is 5.35. The first kappa shape index (κ1) is 23.1. The lowest BCUT2D eigenvalue weighted by Crippen LogP contribution is -2.32. The number of anilines is 2. The summed E-state index contributed by atoms with van der Waals surface area (Å²) in [5, 5.41) is 5.26. The molecule has 6 nitrogen and oxygen atoms in total. The van der Waals surface area contributed by atoms with Crippen LogP contribution in [0.4, 0.5) is 15.8 Å². The first-order valence-electron chi connectivity index (χ1n) is 10.5. The molecule has 2 N–H and O–H groups in total. The number of rotatable bonds is 8. The number of benzene rings is 2. The van der Waals surface area contributed by atoms with Gasteiger partial charge in [-0.05, 0) is 55.2 Å². The zero-order valence-corrected chi connectivity index (χ0v) is 18.6. The molecule has 0 spiro atoms. The molecule has 32 heavy (non-hydrogen) atoms. The number of para-hydroxylation sites is 1. The van der Waals surface area contributed by atoms with Crippen LogP contribution in [0.25, 0.3) is 0 Å². The lowest BCUT2D eigenvalue weighted by Gasteiger charge is -2.21. The lowest BCUT2D eigenvalue weighted by atomic mass is 10.0. The maximum absolute atomic E-state index is 14.3. The van der Waals surface area contributed by atoms with Crippen molar-refractivity contribution in [1.29, 1.82) is 0 Å². The Bertz CT molecular complexity index is 1110. The molecule has 1 aromatic heterocycles. The maximum atomic E-state index is 14.3. The Labute approximate surface area is 186 Å². The number of hydrogen-bond donors (Lipinski definition) is 2. The van der Waals surface area contributed by atoms with Crippen LogP contribution in [0.2, 0.25) is 0 Å². The molecule has 3 aromatic rings. The number of hydrogen-bond acceptors (Lipinski definition) is 4. The largest absolute Gasteiger partial charge is 0.480 e. The van der Waals surface area contributed by atoms with E-state index in [2.05, 4.69) is 24.5 Å². The van der Waals surface area contributed by atoms with E-state index in [4.69, 9.17) is 9.15 Å². The van der Waals surface area contributed by atoms with E-state index >= 15 is 0 Å². The van der Waals surface area contributed by atoms with Crippen LogP contribution in [0.5, 0.6) is 5.75 Å². The van der Waals surface area contributed by atoms with E-state index in [0.29, 0.717) is 29.2 Å². The van der Waals surface area contributed by atoms with Gasteiger partial charge in [-0.3, -0.25) is 9.59 Å². The van der Waals surface area contributed by atoms with E-state index < -0.39 is 17.8 Å². The Morgan fingerprint density at radius 2 is 1.84 bits per heavy atom. The molecule has 0 aliphatic carbocycles. The first-order chi connectivity index (χ1) is 15.3. The van der Waals surface area contributed by atoms with Gasteiger partial charge in [0, 0.05) is 5.69 Å². The summed E-state index contributed by atoms with van der Waals surface area (Å²) in [6.45, 7) is 7.61. The van der Waals surface area contributed by atoms with Gasteiger partial charge in [0.15, 0.2) is 6.10 Å². The smallest absolute Gasteiger partial charge is 0.265 e. The van der Waals surface area contributed by atoms with E-state index in [1.165, 1.54) is 30.5 Å². The number of nitrogens with one attached hydrogen (secondary N) is 2. The van der Waals surface area contributed by atoms with Crippen LogP contribution in [0, 0.1) is 12.7 Å². The van der Waals surface area contributed by atoms with E-state index in [1.807, 2.05) is 31.2 Å². The molecule has 2 amide bonds. The molecule has 0 saturated heterocycles. The van der Waals surface area contributed by atoms with Gasteiger partial charge in [0.1, 0.15) is 17.3 Å². The summed E-state index contributed by atoms with van der Waals surface area (Å²) in [7, 11) is 0. The molecule has 1 heterocycles. The van der Waals surface area contributed by atoms with Gasteiger partial charge in [-0.2, -0.15) is 0 Å². The summed E-state index contributed by atoms with van der Waals surface area (Å²) in [5.41, 5.74) is 1.62. The Morgan fingerprint density at radius 3 is 2.50 bits per heavy atom.